The average molecular weight is 729 g/mol. The molecule has 2 aliphatic heterocycles. The van der Waals surface area contributed by atoms with Gasteiger partial charge in [-0.25, -0.2) is 4.79 Å². The van der Waals surface area contributed by atoms with Crippen molar-refractivity contribution in [3.05, 3.63) is 0 Å². The second kappa shape index (κ2) is 16.1. The van der Waals surface area contributed by atoms with E-state index in [1.807, 2.05) is 27.7 Å². The van der Waals surface area contributed by atoms with E-state index in [0.717, 1.165) is 57.8 Å². The largest absolute Gasteiger partial charge is 0.447 e. The SMILES string of the molecule is CCC1C2CC[C@H]3CN(C(=O)[C@@H](NC(=O)[C@@H](NC(=O)[C@@H](C)NC(=O)OC(C)C)C4CCCCC4)C(C)(C)C)C(C(=O)N[C@@H]1C(=O)C(=O)NC1CC1)[C@@H]23. The van der Waals surface area contributed by atoms with Gasteiger partial charge < -0.3 is 36.2 Å². The number of Topliss-reactive ketones (excluding diaryl/α,β-unsaturated/α-hetero) is 1. The van der Waals surface area contributed by atoms with Gasteiger partial charge in [0.25, 0.3) is 5.91 Å². The van der Waals surface area contributed by atoms with Crippen LogP contribution in [0.1, 0.15) is 113 Å². The molecule has 0 radical (unpaired) electrons. The normalized spacial score (nSPS) is 29.2. The van der Waals surface area contributed by atoms with Crippen molar-refractivity contribution in [3.63, 3.8) is 0 Å². The Morgan fingerprint density at radius 3 is 2.15 bits per heavy atom. The molecule has 0 aromatic heterocycles. The lowest BCUT2D eigenvalue weighted by molar-refractivity contribution is -0.146. The van der Waals surface area contributed by atoms with E-state index < -0.39 is 77.0 Å². The van der Waals surface area contributed by atoms with Crippen molar-refractivity contribution in [1.82, 2.24) is 31.5 Å². The first-order valence-corrected chi connectivity index (χ1v) is 19.5. The number of rotatable bonds is 12. The fourth-order valence-corrected chi connectivity index (χ4v) is 9.16. The fraction of sp³-hybridized carbons (Fsp3) is 0.816. The summed E-state index contributed by atoms with van der Waals surface area (Å²) in [6, 6.07) is -4.75. The van der Waals surface area contributed by atoms with Gasteiger partial charge in [-0.05, 0) is 94.3 Å². The van der Waals surface area contributed by atoms with E-state index in [-0.39, 0.29) is 41.7 Å². The van der Waals surface area contributed by atoms with E-state index >= 15 is 0 Å². The molecule has 5 N–H and O–H groups in total. The summed E-state index contributed by atoms with van der Waals surface area (Å²) in [5.74, 6) is -3.72. The molecule has 290 valence electrons. The predicted molar refractivity (Wildman–Crippen MR) is 191 cm³/mol. The van der Waals surface area contributed by atoms with Crippen molar-refractivity contribution in [2.75, 3.05) is 6.54 Å². The van der Waals surface area contributed by atoms with Gasteiger partial charge in [-0.3, -0.25) is 28.8 Å². The molecule has 5 fully saturated rings. The highest BCUT2D eigenvalue weighted by molar-refractivity contribution is 6.38. The van der Waals surface area contributed by atoms with Crippen LogP contribution in [0.2, 0.25) is 0 Å². The number of nitrogens with one attached hydrogen (secondary N) is 5. The van der Waals surface area contributed by atoms with Gasteiger partial charge in [0.1, 0.15) is 30.2 Å². The van der Waals surface area contributed by atoms with Gasteiger partial charge >= 0.3 is 6.09 Å². The minimum absolute atomic E-state index is 0.00511. The minimum atomic E-state index is -1.03. The van der Waals surface area contributed by atoms with Gasteiger partial charge in [0.15, 0.2) is 0 Å². The molecule has 5 rings (SSSR count). The number of hydrogen-bond acceptors (Lipinski definition) is 8. The zero-order valence-electron chi connectivity index (χ0n) is 31.9. The van der Waals surface area contributed by atoms with E-state index in [0.29, 0.717) is 13.0 Å². The molecule has 0 aromatic carbocycles. The summed E-state index contributed by atoms with van der Waals surface area (Å²) in [7, 11) is 0. The van der Waals surface area contributed by atoms with Crippen molar-refractivity contribution in [2.24, 2.45) is 35.0 Å². The summed E-state index contributed by atoms with van der Waals surface area (Å²) in [6.45, 7) is 12.8. The maximum atomic E-state index is 14.7. The van der Waals surface area contributed by atoms with Gasteiger partial charge in [0.2, 0.25) is 29.4 Å². The van der Waals surface area contributed by atoms with Gasteiger partial charge in [0, 0.05) is 12.6 Å². The monoisotopic (exact) mass is 728 g/mol. The molecule has 3 aliphatic carbocycles. The molecule has 2 saturated heterocycles. The van der Waals surface area contributed by atoms with Crippen molar-refractivity contribution in [3.8, 4) is 0 Å². The molecule has 14 heteroatoms. The number of ether oxygens (including phenoxy) is 1. The number of carbonyl (C=O) groups is 7. The van der Waals surface area contributed by atoms with Crippen LogP contribution < -0.4 is 26.6 Å². The summed E-state index contributed by atoms with van der Waals surface area (Å²) in [5.41, 5.74) is -0.771. The van der Waals surface area contributed by atoms with Crippen molar-refractivity contribution in [2.45, 2.75) is 155 Å². The Labute approximate surface area is 307 Å². The highest BCUT2D eigenvalue weighted by Crippen LogP contribution is 2.52. The number of nitrogens with zero attached hydrogens (tertiary/aromatic N) is 1. The molecule has 2 heterocycles. The Morgan fingerprint density at radius 1 is 0.885 bits per heavy atom. The number of alkyl carbamates (subject to hydrolysis) is 1. The molecule has 0 aromatic rings. The quantitative estimate of drug-likeness (QED) is 0.189. The Hall–Kier alpha value is -3.71. The lowest BCUT2D eigenvalue weighted by atomic mass is 9.75. The molecule has 6 amide bonds. The topological polar surface area (TPSA) is 192 Å². The maximum absolute atomic E-state index is 14.7. The summed E-state index contributed by atoms with van der Waals surface area (Å²) in [4.78, 5) is 96.6. The maximum Gasteiger partial charge on any atom is 0.408 e. The Kier molecular flexibility index (Phi) is 12.2. The number of amides is 6. The molecule has 3 saturated carbocycles. The minimum Gasteiger partial charge on any atom is -0.447 e. The van der Waals surface area contributed by atoms with E-state index in [1.165, 1.54) is 6.92 Å². The number of carbonyl (C=O) groups excluding carboxylic acids is 7. The molecular formula is C38H60N6O8. The average Bonchev–Trinajstić information content (AvgIpc) is 3.71. The zero-order chi connectivity index (χ0) is 38.1. The number of likely N-dealkylation sites (tertiary alicyclic amines) is 1. The van der Waals surface area contributed by atoms with Gasteiger partial charge in [-0.1, -0.05) is 53.4 Å². The molecule has 5 aliphatic rings. The van der Waals surface area contributed by atoms with Crippen molar-refractivity contribution in [1.29, 1.82) is 0 Å². The van der Waals surface area contributed by atoms with E-state index in [1.54, 1.807) is 18.7 Å². The second-order valence-electron chi connectivity index (χ2n) is 17.2. The summed E-state index contributed by atoms with van der Waals surface area (Å²) >= 11 is 0. The standard InChI is InChI=1S/C38H60N6O8/c1-8-24-25-17-14-22-18-44(29(26(22)25)34(48)42-28(24)30(45)35(49)40-23-15-16-23)36(50)31(38(5,6)7)43-33(47)27(21-12-10-9-11-13-21)41-32(46)20(4)39-37(51)52-19(2)3/h19-29,31H,8-18H2,1-7H3,(H,39,51)(H,40,49)(H,41,46)(H,42,48)(H,43,47)/t20-,22+,24?,25?,26-,27+,28+,29?,31-/m1/s1. The first kappa shape index (κ1) is 39.5. The van der Waals surface area contributed by atoms with Gasteiger partial charge in [-0.2, -0.15) is 0 Å². The van der Waals surface area contributed by atoms with Crippen LogP contribution in [-0.4, -0.2) is 95.2 Å². The molecule has 52 heavy (non-hydrogen) atoms. The Bertz CT molecular complexity index is 1400. The third kappa shape index (κ3) is 8.73. The summed E-state index contributed by atoms with van der Waals surface area (Å²) in [6.07, 6.45) is 7.04. The summed E-state index contributed by atoms with van der Waals surface area (Å²) < 4.78 is 5.12. The van der Waals surface area contributed by atoms with Gasteiger partial charge in [0.05, 0.1) is 6.10 Å². The van der Waals surface area contributed by atoms with Crippen LogP contribution in [-0.2, 0) is 33.5 Å². The smallest absolute Gasteiger partial charge is 0.408 e. The molecule has 9 atom stereocenters. The van der Waals surface area contributed by atoms with Crippen molar-refractivity contribution < 1.29 is 38.3 Å². The highest BCUT2D eigenvalue weighted by Gasteiger charge is 2.60. The van der Waals surface area contributed by atoms with Crippen LogP contribution >= 0.6 is 0 Å². The number of ketones is 1. The van der Waals surface area contributed by atoms with E-state index in [9.17, 15) is 33.6 Å². The van der Waals surface area contributed by atoms with Crippen LogP contribution in [0.15, 0.2) is 0 Å². The molecule has 0 spiro atoms. The van der Waals surface area contributed by atoms with E-state index in [2.05, 4.69) is 26.6 Å². The first-order valence-electron chi connectivity index (χ1n) is 19.5. The third-order valence-corrected chi connectivity index (χ3v) is 11.9. The summed E-state index contributed by atoms with van der Waals surface area (Å²) in [5, 5.41) is 14.1. The Balaban J connectivity index is 1.36. The van der Waals surface area contributed by atoms with Crippen molar-refractivity contribution >= 4 is 41.4 Å². The lowest BCUT2D eigenvalue weighted by Crippen LogP contribution is -2.62. The molecule has 14 nitrogen and oxygen atoms in total. The fourth-order valence-electron chi connectivity index (χ4n) is 9.16. The van der Waals surface area contributed by atoms with Crippen LogP contribution in [0.3, 0.4) is 0 Å². The number of hydrogen-bond donors (Lipinski definition) is 5. The molecule has 0 bridgehead atoms. The second-order valence-corrected chi connectivity index (χ2v) is 17.2. The van der Waals surface area contributed by atoms with E-state index in [4.69, 9.17) is 4.74 Å². The predicted octanol–water partition coefficient (Wildman–Crippen LogP) is 2.33. The third-order valence-electron chi connectivity index (χ3n) is 11.9. The molecular weight excluding hydrogens is 668 g/mol. The zero-order valence-corrected chi connectivity index (χ0v) is 31.9. The van der Waals surface area contributed by atoms with Crippen LogP contribution in [0.25, 0.3) is 0 Å². The Morgan fingerprint density at radius 2 is 1.56 bits per heavy atom. The highest BCUT2D eigenvalue weighted by atomic mass is 16.6. The van der Waals surface area contributed by atoms with Crippen LogP contribution in [0, 0.1) is 35.0 Å². The van der Waals surface area contributed by atoms with Crippen LogP contribution in [0.5, 0.6) is 0 Å². The lowest BCUT2D eigenvalue weighted by Gasteiger charge is -2.38. The van der Waals surface area contributed by atoms with Crippen LogP contribution in [0.4, 0.5) is 4.79 Å². The first-order chi connectivity index (χ1) is 24.5. The molecule has 3 unspecified atom stereocenters. The van der Waals surface area contributed by atoms with Gasteiger partial charge in [-0.15, -0.1) is 0 Å².